The van der Waals surface area contributed by atoms with Crippen LogP contribution in [0.4, 0.5) is 0 Å². The Morgan fingerprint density at radius 1 is 1.46 bits per heavy atom. The number of rotatable bonds is 7. The van der Waals surface area contributed by atoms with Crippen LogP contribution in [0.15, 0.2) is 0 Å². The lowest BCUT2D eigenvalue weighted by Crippen LogP contribution is -2.19. The number of hydrogen-bond donors (Lipinski definition) is 0. The Hall–Kier alpha value is -0.0900. The van der Waals surface area contributed by atoms with Crippen LogP contribution >= 0.6 is 15.9 Å². The topological polar surface area (TPSA) is 35.5 Å². The predicted molar refractivity (Wildman–Crippen MR) is 55.1 cm³/mol. The molecule has 0 aromatic heterocycles. The van der Waals surface area contributed by atoms with Crippen molar-refractivity contribution >= 4 is 21.9 Å². The second-order valence-electron chi connectivity index (χ2n) is 2.77. The van der Waals surface area contributed by atoms with E-state index in [1.807, 2.05) is 0 Å². The van der Waals surface area contributed by atoms with E-state index in [9.17, 15) is 4.79 Å². The standard InChI is InChI=1S/C9H17BrO3/c1-3-4-5-8(10)9(11)13-7-6-12-2/h8H,3-7H2,1-2H3. The summed E-state index contributed by atoms with van der Waals surface area (Å²) in [4.78, 5) is 11.0. The van der Waals surface area contributed by atoms with Crippen LogP contribution in [0, 0.1) is 0 Å². The van der Waals surface area contributed by atoms with Crippen molar-refractivity contribution in [2.24, 2.45) is 0 Å². The van der Waals surface area contributed by atoms with Crippen molar-refractivity contribution in [2.75, 3.05) is 20.3 Å². The summed E-state index contributed by atoms with van der Waals surface area (Å²) < 4.78 is 9.69. The summed E-state index contributed by atoms with van der Waals surface area (Å²) >= 11 is 3.28. The number of alkyl halides is 1. The molecule has 0 fully saturated rings. The zero-order chi connectivity index (χ0) is 10.1. The van der Waals surface area contributed by atoms with Gasteiger partial charge >= 0.3 is 5.97 Å². The summed E-state index contributed by atoms with van der Waals surface area (Å²) in [6.07, 6.45) is 2.96. The fraction of sp³-hybridized carbons (Fsp3) is 0.889. The maximum Gasteiger partial charge on any atom is 0.319 e. The summed E-state index contributed by atoms with van der Waals surface area (Å²) in [6, 6.07) is 0. The van der Waals surface area contributed by atoms with Gasteiger partial charge in [0.05, 0.1) is 6.61 Å². The number of carbonyl (C=O) groups excluding carboxylic acids is 1. The maximum atomic E-state index is 11.2. The minimum absolute atomic E-state index is 0.163. The van der Waals surface area contributed by atoms with E-state index in [1.54, 1.807) is 7.11 Å². The molecule has 1 atom stereocenters. The summed E-state index contributed by atoms with van der Waals surface area (Å²) in [5.74, 6) is -0.189. The van der Waals surface area contributed by atoms with Crippen LogP contribution in [-0.4, -0.2) is 31.1 Å². The SMILES string of the molecule is CCCCC(Br)C(=O)OCCOC. The summed E-state index contributed by atoms with van der Waals surface area (Å²) in [5.41, 5.74) is 0. The van der Waals surface area contributed by atoms with Gasteiger partial charge in [-0.2, -0.15) is 0 Å². The van der Waals surface area contributed by atoms with E-state index in [-0.39, 0.29) is 10.8 Å². The zero-order valence-electron chi connectivity index (χ0n) is 8.22. The number of hydrogen-bond acceptors (Lipinski definition) is 3. The number of esters is 1. The molecule has 0 saturated carbocycles. The van der Waals surface area contributed by atoms with Gasteiger partial charge in [0.2, 0.25) is 0 Å². The molecule has 0 bridgehead atoms. The Balaban J connectivity index is 3.45. The van der Waals surface area contributed by atoms with Gasteiger partial charge in [-0.3, -0.25) is 4.79 Å². The molecule has 4 heteroatoms. The highest BCUT2D eigenvalue weighted by Gasteiger charge is 2.14. The average molecular weight is 253 g/mol. The highest BCUT2D eigenvalue weighted by molar-refractivity contribution is 9.10. The van der Waals surface area contributed by atoms with Crippen molar-refractivity contribution in [3.63, 3.8) is 0 Å². The highest BCUT2D eigenvalue weighted by atomic mass is 79.9. The van der Waals surface area contributed by atoms with E-state index < -0.39 is 0 Å². The summed E-state index contributed by atoms with van der Waals surface area (Å²) in [6.45, 7) is 2.89. The maximum absolute atomic E-state index is 11.2. The number of carbonyl (C=O) groups is 1. The molecule has 0 aliphatic carbocycles. The number of halogens is 1. The third-order valence-electron chi connectivity index (χ3n) is 1.60. The molecule has 1 unspecified atom stereocenters. The quantitative estimate of drug-likeness (QED) is 0.396. The molecule has 0 aliphatic heterocycles. The van der Waals surface area contributed by atoms with E-state index in [0.717, 1.165) is 19.3 Å². The first-order valence-corrected chi connectivity index (χ1v) is 5.43. The van der Waals surface area contributed by atoms with Crippen LogP contribution < -0.4 is 0 Å². The smallest absolute Gasteiger partial charge is 0.319 e. The molecule has 78 valence electrons. The molecule has 0 aliphatic rings. The van der Waals surface area contributed by atoms with Crippen LogP contribution in [0.25, 0.3) is 0 Å². The average Bonchev–Trinajstić information content (AvgIpc) is 2.14. The molecular formula is C9H17BrO3. The molecule has 0 saturated heterocycles. The first-order valence-electron chi connectivity index (χ1n) is 4.52. The first-order chi connectivity index (χ1) is 6.22. The molecule has 0 N–H and O–H groups in total. The number of methoxy groups -OCH3 is 1. The van der Waals surface area contributed by atoms with Crippen molar-refractivity contribution in [1.82, 2.24) is 0 Å². The molecule has 0 aromatic rings. The van der Waals surface area contributed by atoms with E-state index in [4.69, 9.17) is 9.47 Å². The van der Waals surface area contributed by atoms with Gasteiger partial charge in [0.25, 0.3) is 0 Å². The fourth-order valence-corrected chi connectivity index (χ4v) is 1.27. The molecule has 0 amide bonds. The van der Waals surface area contributed by atoms with Gasteiger partial charge in [-0.25, -0.2) is 0 Å². The van der Waals surface area contributed by atoms with Crippen LogP contribution in [0.1, 0.15) is 26.2 Å². The second-order valence-corrected chi connectivity index (χ2v) is 3.88. The van der Waals surface area contributed by atoms with Crippen LogP contribution in [0.5, 0.6) is 0 Å². The van der Waals surface area contributed by atoms with Crippen molar-refractivity contribution < 1.29 is 14.3 Å². The minimum atomic E-state index is -0.189. The zero-order valence-corrected chi connectivity index (χ0v) is 9.80. The molecule has 0 rings (SSSR count). The summed E-state index contributed by atoms with van der Waals surface area (Å²) in [5, 5.41) is 0. The first kappa shape index (κ1) is 12.9. The fourth-order valence-electron chi connectivity index (χ4n) is 0.817. The van der Waals surface area contributed by atoms with Crippen molar-refractivity contribution in [3.05, 3.63) is 0 Å². The van der Waals surface area contributed by atoms with Gasteiger partial charge in [-0.05, 0) is 6.42 Å². The Morgan fingerprint density at radius 2 is 2.15 bits per heavy atom. The van der Waals surface area contributed by atoms with E-state index in [2.05, 4.69) is 22.9 Å². The minimum Gasteiger partial charge on any atom is -0.462 e. The Labute approximate surface area is 87.9 Å². The Morgan fingerprint density at radius 3 is 2.69 bits per heavy atom. The summed E-state index contributed by atoms with van der Waals surface area (Å²) in [7, 11) is 1.58. The molecule has 0 spiro atoms. The van der Waals surface area contributed by atoms with E-state index in [0.29, 0.717) is 13.2 Å². The molecule has 0 heterocycles. The van der Waals surface area contributed by atoms with Gasteiger partial charge < -0.3 is 9.47 Å². The van der Waals surface area contributed by atoms with E-state index in [1.165, 1.54) is 0 Å². The van der Waals surface area contributed by atoms with Crippen molar-refractivity contribution in [3.8, 4) is 0 Å². The van der Waals surface area contributed by atoms with Gasteiger partial charge in [0.1, 0.15) is 11.4 Å². The van der Waals surface area contributed by atoms with Crippen molar-refractivity contribution in [2.45, 2.75) is 31.0 Å². The largest absolute Gasteiger partial charge is 0.462 e. The lowest BCUT2D eigenvalue weighted by molar-refractivity contribution is -0.144. The monoisotopic (exact) mass is 252 g/mol. The van der Waals surface area contributed by atoms with E-state index >= 15 is 0 Å². The number of ether oxygens (including phenoxy) is 2. The molecule has 0 radical (unpaired) electrons. The molecule has 13 heavy (non-hydrogen) atoms. The molecule has 3 nitrogen and oxygen atoms in total. The normalized spacial score (nSPS) is 12.5. The third-order valence-corrected chi connectivity index (χ3v) is 2.43. The second kappa shape index (κ2) is 8.51. The highest BCUT2D eigenvalue weighted by Crippen LogP contribution is 2.11. The van der Waals surface area contributed by atoms with Crippen LogP contribution in [0.3, 0.4) is 0 Å². The number of unbranched alkanes of at least 4 members (excludes halogenated alkanes) is 1. The van der Waals surface area contributed by atoms with Gasteiger partial charge in [0, 0.05) is 7.11 Å². The molecular weight excluding hydrogens is 236 g/mol. The van der Waals surface area contributed by atoms with Gasteiger partial charge in [0.15, 0.2) is 0 Å². The van der Waals surface area contributed by atoms with Crippen LogP contribution in [0.2, 0.25) is 0 Å². The van der Waals surface area contributed by atoms with Gasteiger partial charge in [-0.15, -0.1) is 0 Å². The lowest BCUT2D eigenvalue weighted by atomic mass is 10.2. The Kier molecular flexibility index (Phi) is 8.45. The van der Waals surface area contributed by atoms with Crippen LogP contribution in [-0.2, 0) is 14.3 Å². The van der Waals surface area contributed by atoms with Gasteiger partial charge in [-0.1, -0.05) is 35.7 Å². The predicted octanol–water partition coefficient (Wildman–Crippen LogP) is 2.13. The van der Waals surface area contributed by atoms with Crippen molar-refractivity contribution in [1.29, 1.82) is 0 Å². The Bertz CT molecular complexity index is 139. The third kappa shape index (κ3) is 7.02. The molecule has 0 aromatic carbocycles. The lowest BCUT2D eigenvalue weighted by Gasteiger charge is -2.08.